The predicted molar refractivity (Wildman–Crippen MR) is 109 cm³/mol. The van der Waals surface area contributed by atoms with Gasteiger partial charge in [0.15, 0.2) is 18.1 Å². The Hall–Kier alpha value is -3.61. The molecule has 1 aromatic heterocycles. The molecule has 0 amide bonds. The van der Waals surface area contributed by atoms with Gasteiger partial charge in [0, 0.05) is 29.6 Å². The van der Waals surface area contributed by atoms with Gasteiger partial charge in [0.25, 0.3) is 5.69 Å². The van der Waals surface area contributed by atoms with E-state index in [4.69, 9.17) is 9.47 Å². The molecule has 0 atom stereocenters. The van der Waals surface area contributed by atoms with Gasteiger partial charge >= 0.3 is 0 Å². The van der Waals surface area contributed by atoms with Crippen LogP contribution in [-0.2, 0) is 6.54 Å². The topological polar surface area (TPSA) is 83.6 Å². The maximum Gasteiger partial charge on any atom is 0.273 e. The summed E-state index contributed by atoms with van der Waals surface area (Å²) in [5.74, 6) is 0.289. The molecule has 7 heteroatoms. The number of nitrogens with zero attached hydrogens (tertiary/aromatic N) is 2. The summed E-state index contributed by atoms with van der Waals surface area (Å²) in [4.78, 5) is 23.2. The molecule has 0 saturated carbocycles. The van der Waals surface area contributed by atoms with E-state index in [1.165, 1.54) is 25.3 Å². The van der Waals surface area contributed by atoms with Crippen LogP contribution in [-0.4, -0.2) is 29.0 Å². The summed E-state index contributed by atoms with van der Waals surface area (Å²) in [5, 5.41) is 11.0. The van der Waals surface area contributed by atoms with Crippen molar-refractivity contribution in [3.63, 3.8) is 0 Å². The van der Waals surface area contributed by atoms with Crippen molar-refractivity contribution in [1.82, 2.24) is 4.57 Å². The number of nitro groups is 1. The summed E-state index contributed by atoms with van der Waals surface area (Å²) in [7, 11) is 1.44. The number of nitro benzene ring substituents is 1. The highest BCUT2D eigenvalue weighted by Crippen LogP contribution is 2.31. The molecule has 0 spiro atoms. The third kappa shape index (κ3) is 4.45. The maximum absolute atomic E-state index is 12.8. The second-order valence-electron chi connectivity index (χ2n) is 6.66. The molecule has 0 saturated heterocycles. The van der Waals surface area contributed by atoms with Crippen molar-refractivity contribution in [2.45, 2.75) is 20.4 Å². The van der Waals surface area contributed by atoms with Crippen LogP contribution in [0.1, 0.15) is 27.3 Å². The fourth-order valence-corrected chi connectivity index (χ4v) is 3.21. The van der Waals surface area contributed by atoms with Crippen molar-refractivity contribution in [3.05, 3.63) is 87.2 Å². The lowest BCUT2D eigenvalue weighted by molar-refractivity contribution is -0.385. The van der Waals surface area contributed by atoms with Crippen molar-refractivity contribution in [2.75, 3.05) is 13.7 Å². The summed E-state index contributed by atoms with van der Waals surface area (Å²) >= 11 is 0. The van der Waals surface area contributed by atoms with E-state index < -0.39 is 4.92 Å². The highest BCUT2D eigenvalue weighted by molar-refractivity contribution is 5.98. The minimum atomic E-state index is -0.522. The number of aromatic nitrogens is 1. The minimum absolute atomic E-state index is 0.130. The van der Waals surface area contributed by atoms with Crippen molar-refractivity contribution < 1.29 is 19.2 Å². The number of methoxy groups -OCH3 is 1. The third-order valence-electron chi connectivity index (χ3n) is 4.77. The molecule has 2 aromatic carbocycles. The number of aryl methyl sites for hydroxylation is 1. The van der Waals surface area contributed by atoms with Gasteiger partial charge < -0.3 is 14.0 Å². The number of carbonyl (C=O) groups is 1. The normalized spacial score (nSPS) is 10.6. The van der Waals surface area contributed by atoms with Gasteiger partial charge in [0.1, 0.15) is 0 Å². The summed E-state index contributed by atoms with van der Waals surface area (Å²) in [5.41, 5.74) is 3.41. The first-order valence-corrected chi connectivity index (χ1v) is 9.09. The first-order chi connectivity index (χ1) is 13.9. The zero-order valence-corrected chi connectivity index (χ0v) is 16.5. The van der Waals surface area contributed by atoms with Crippen LogP contribution in [0.25, 0.3) is 0 Å². The van der Waals surface area contributed by atoms with Gasteiger partial charge in [0.05, 0.1) is 18.1 Å². The van der Waals surface area contributed by atoms with Crippen LogP contribution in [0.5, 0.6) is 11.5 Å². The monoisotopic (exact) mass is 394 g/mol. The molecular weight excluding hydrogens is 372 g/mol. The molecule has 3 rings (SSSR count). The Kier molecular flexibility index (Phi) is 5.97. The average Bonchev–Trinajstić information content (AvgIpc) is 3.00. The Morgan fingerprint density at radius 3 is 2.45 bits per heavy atom. The van der Waals surface area contributed by atoms with Crippen LogP contribution in [0.4, 0.5) is 5.69 Å². The molecule has 7 nitrogen and oxygen atoms in total. The van der Waals surface area contributed by atoms with E-state index in [2.05, 4.69) is 4.57 Å². The third-order valence-corrected chi connectivity index (χ3v) is 4.77. The Morgan fingerprint density at radius 2 is 1.79 bits per heavy atom. The molecule has 0 unspecified atom stereocenters. The first kappa shape index (κ1) is 20.1. The van der Waals surface area contributed by atoms with Gasteiger partial charge in [-0.05, 0) is 31.5 Å². The number of rotatable bonds is 8. The molecule has 0 aliphatic carbocycles. The smallest absolute Gasteiger partial charge is 0.273 e. The molecule has 0 fully saturated rings. The highest BCUT2D eigenvalue weighted by atomic mass is 16.6. The van der Waals surface area contributed by atoms with Crippen molar-refractivity contribution >= 4 is 11.5 Å². The zero-order valence-electron chi connectivity index (χ0n) is 16.5. The minimum Gasteiger partial charge on any atom is -0.493 e. The lowest BCUT2D eigenvalue weighted by Crippen LogP contribution is -2.13. The van der Waals surface area contributed by atoms with Crippen LogP contribution in [0.2, 0.25) is 0 Å². The summed E-state index contributed by atoms with van der Waals surface area (Å²) in [6.45, 7) is 4.28. The van der Waals surface area contributed by atoms with Gasteiger partial charge in [-0.15, -0.1) is 0 Å². The summed E-state index contributed by atoms with van der Waals surface area (Å²) in [6.07, 6.45) is 0. The Morgan fingerprint density at radius 1 is 1.07 bits per heavy atom. The second kappa shape index (κ2) is 8.60. The number of benzene rings is 2. The summed E-state index contributed by atoms with van der Waals surface area (Å²) < 4.78 is 12.8. The number of non-ortho nitro benzene ring substituents is 1. The largest absolute Gasteiger partial charge is 0.493 e. The summed E-state index contributed by atoms with van der Waals surface area (Å²) in [6, 6.07) is 15.9. The Labute approximate surface area is 168 Å². The molecular formula is C22H22N2O5. The lowest BCUT2D eigenvalue weighted by Gasteiger charge is -2.11. The fraction of sp³-hybridized carbons (Fsp3) is 0.227. The van der Waals surface area contributed by atoms with Crippen LogP contribution >= 0.6 is 0 Å². The molecule has 1 heterocycles. The number of carbonyl (C=O) groups excluding carboxylic acids is 1. The quantitative estimate of drug-likeness (QED) is 0.323. The number of hydrogen-bond acceptors (Lipinski definition) is 5. The first-order valence-electron chi connectivity index (χ1n) is 9.09. The van der Waals surface area contributed by atoms with E-state index in [9.17, 15) is 14.9 Å². The molecule has 0 aliphatic rings. The van der Waals surface area contributed by atoms with Crippen LogP contribution in [0.3, 0.4) is 0 Å². The van der Waals surface area contributed by atoms with E-state index in [1.54, 1.807) is 0 Å². The van der Waals surface area contributed by atoms with E-state index in [-0.39, 0.29) is 23.8 Å². The zero-order chi connectivity index (χ0) is 21.0. The number of ether oxygens (including phenoxy) is 2. The molecule has 29 heavy (non-hydrogen) atoms. The Bertz CT molecular complexity index is 1040. The molecule has 0 N–H and O–H groups in total. The molecule has 0 aliphatic heterocycles. The fourth-order valence-electron chi connectivity index (χ4n) is 3.21. The van der Waals surface area contributed by atoms with E-state index in [1.807, 2.05) is 50.2 Å². The van der Waals surface area contributed by atoms with Crippen molar-refractivity contribution in [3.8, 4) is 11.5 Å². The van der Waals surface area contributed by atoms with Gasteiger partial charge in [-0.2, -0.15) is 0 Å². The van der Waals surface area contributed by atoms with Crippen molar-refractivity contribution in [1.29, 1.82) is 0 Å². The second-order valence-corrected chi connectivity index (χ2v) is 6.66. The van der Waals surface area contributed by atoms with E-state index >= 15 is 0 Å². The van der Waals surface area contributed by atoms with Gasteiger partial charge in [0.2, 0.25) is 5.78 Å². The molecule has 3 aromatic rings. The average molecular weight is 394 g/mol. The van der Waals surface area contributed by atoms with Gasteiger partial charge in [-0.1, -0.05) is 30.3 Å². The van der Waals surface area contributed by atoms with Crippen LogP contribution in [0, 0.1) is 24.0 Å². The number of Topliss-reactive ketones (excluding diaryl/α,β-unsaturated/α-hetero) is 1. The predicted octanol–water partition coefficient (Wildman–Crippen LogP) is 4.33. The molecule has 150 valence electrons. The molecule has 0 bridgehead atoms. The SMILES string of the molecule is COc1ccc([N+](=O)[O-])cc1OCC(=O)c1cc(C)n(Cc2ccccc2)c1C. The van der Waals surface area contributed by atoms with Gasteiger partial charge in [-0.3, -0.25) is 14.9 Å². The van der Waals surface area contributed by atoms with Crippen molar-refractivity contribution in [2.24, 2.45) is 0 Å². The number of ketones is 1. The van der Waals surface area contributed by atoms with E-state index in [0.717, 1.165) is 17.0 Å². The maximum atomic E-state index is 12.8. The van der Waals surface area contributed by atoms with Crippen LogP contribution in [0.15, 0.2) is 54.6 Å². The molecule has 0 radical (unpaired) electrons. The lowest BCUT2D eigenvalue weighted by atomic mass is 10.1. The highest BCUT2D eigenvalue weighted by Gasteiger charge is 2.18. The van der Waals surface area contributed by atoms with Crippen LogP contribution < -0.4 is 9.47 Å². The standard InChI is InChI=1S/C22H22N2O5/c1-15-11-19(16(2)23(15)13-17-7-5-4-6-8-17)20(25)14-29-22-12-18(24(26)27)9-10-21(22)28-3/h4-12H,13-14H2,1-3H3. The van der Waals surface area contributed by atoms with E-state index in [0.29, 0.717) is 17.9 Å². The number of hydrogen-bond donors (Lipinski definition) is 0. The Balaban J connectivity index is 1.77. The van der Waals surface area contributed by atoms with Gasteiger partial charge in [-0.25, -0.2) is 0 Å².